The predicted octanol–water partition coefficient (Wildman–Crippen LogP) is -1.04. The molecule has 0 amide bonds. The van der Waals surface area contributed by atoms with Crippen LogP contribution in [0.25, 0.3) is 0 Å². The summed E-state index contributed by atoms with van der Waals surface area (Å²) in [4.78, 5) is 0. The molecule has 2 nitrogen and oxygen atoms in total. The first-order chi connectivity index (χ1) is 2.27. The van der Waals surface area contributed by atoms with Crippen LogP contribution in [-0.2, 0) is 0 Å². The molecule has 0 bridgehead atoms. The highest BCUT2D eigenvalue weighted by Gasteiger charge is 1.78. The van der Waals surface area contributed by atoms with Gasteiger partial charge in [0.25, 0.3) is 0 Å². The lowest BCUT2D eigenvalue weighted by molar-refractivity contribution is 1.15. The van der Waals surface area contributed by atoms with E-state index in [2.05, 4.69) is 0 Å². The molecule has 3 heteroatoms. The lowest BCUT2D eigenvalue weighted by Crippen LogP contribution is -2.15. The van der Waals surface area contributed by atoms with Crippen molar-refractivity contribution in [3.05, 3.63) is 0 Å². The zero-order valence-electron chi connectivity index (χ0n) is 2.68. The number of rotatable bonds is 0. The molecule has 0 aromatic rings. The fourth-order valence-electron chi connectivity index (χ4n) is 0. The van der Waals surface area contributed by atoms with Crippen molar-refractivity contribution in [1.82, 2.24) is 0 Å². The first kappa shape index (κ1) is 4.51. The van der Waals surface area contributed by atoms with E-state index in [-0.39, 0.29) is 0 Å². The third-order valence-electron chi connectivity index (χ3n) is 0.149. The monoisotopic (exact) mass is 66.0 g/mol. The molecule has 0 saturated carbocycles. The van der Waals surface area contributed by atoms with Crippen molar-refractivity contribution < 1.29 is 0 Å². The van der Waals surface area contributed by atoms with E-state index in [1.165, 1.54) is 0 Å². The average Bonchev–Trinajstić information content (AvgIpc) is 1.38. The van der Waals surface area contributed by atoms with Gasteiger partial charge in [0.05, 0.1) is 12.0 Å². The maximum absolute atomic E-state index is 7.64. The van der Waals surface area contributed by atoms with E-state index in [0.717, 1.165) is 0 Å². The maximum Gasteiger partial charge on any atom is 0.111 e. The van der Waals surface area contributed by atoms with Crippen LogP contribution in [0.15, 0.2) is 0 Å². The number of hydrogen-bond acceptors (Lipinski definition) is 2. The minimum absolute atomic E-state index is 0.810. The molecule has 0 rings (SSSR count). The second-order valence-corrected chi connectivity index (χ2v) is 0.655. The Morgan fingerprint density at radius 3 is 2.20 bits per heavy atom. The van der Waals surface area contributed by atoms with Crippen molar-refractivity contribution >= 4 is 7.85 Å². The van der Waals surface area contributed by atoms with Crippen molar-refractivity contribution in [1.29, 1.82) is 5.26 Å². The van der Waals surface area contributed by atoms with Gasteiger partial charge in [-0.3, -0.25) is 0 Å². The summed E-state index contributed by atoms with van der Waals surface area (Å²) in [5.41, 5.74) is 4.71. The maximum atomic E-state index is 7.64. The third-order valence-corrected chi connectivity index (χ3v) is 0.149. The topological polar surface area (TPSA) is 49.8 Å². The Labute approximate surface area is 32.0 Å². The second-order valence-electron chi connectivity index (χ2n) is 0.655. The fourth-order valence-corrected chi connectivity index (χ4v) is 0. The van der Waals surface area contributed by atoms with Crippen LogP contribution >= 0.6 is 0 Å². The summed E-state index contributed by atoms with van der Waals surface area (Å²) in [7, 11) is 4.71. The molecule has 0 aliphatic rings. The van der Waals surface area contributed by atoms with Gasteiger partial charge in [0.2, 0.25) is 0 Å². The van der Waals surface area contributed by atoms with E-state index in [4.69, 9.17) is 18.8 Å². The Balaban J connectivity index is 2.94. The van der Waals surface area contributed by atoms with Crippen LogP contribution in [0, 0.1) is 11.3 Å². The summed E-state index contributed by atoms with van der Waals surface area (Å²) >= 11 is 0. The summed E-state index contributed by atoms with van der Waals surface area (Å²) in [6.07, 6.45) is 0. The summed E-state index contributed by atoms with van der Waals surface area (Å²) in [6, 6.07) is 1.58. The molecule has 1 atom stereocenters. The second kappa shape index (κ2) is 1.80. The van der Waals surface area contributed by atoms with Gasteiger partial charge in [0.15, 0.2) is 0 Å². The smallest absolute Gasteiger partial charge is 0.111 e. The highest BCUT2D eigenvalue weighted by molar-refractivity contribution is 6.13. The minimum Gasteiger partial charge on any atom is -0.324 e. The molecule has 0 heterocycles. The largest absolute Gasteiger partial charge is 0.324 e. The van der Waals surface area contributed by atoms with Crippen LogP contribution in [0.1, 0.15) is 0 Å². The van der Waals surface area contributed by atoms with Gasteiger partial charge in [-0.1, -0.05) is 0 Å². The van der Waals surface area contributed by atoms with Crippen LogP contribution < -0.4 is 5.73 Å². The van der Waals surface area contributed by atoms with Crippen molar-refractivity contribution in [2.75, 3.05) is 0 Å². The molecule has 24 valence electrons. The standard InChI is InChI=1S/C2H3BN2/c3-2(5)1-4/h2H,5H2. The van der Waals surface area contributed by atoms with Gasteiger partial charge in [-0.05, 0) is 0 Å². The number of nitrogens with zero attached hydrogens (tertiary/aromatic N) is 1. The predicted molar refractivity (Wildman–Crippen MR) is 19.3 cm³/mol. The molecule has 0 fully saturated rings. The van der Waals surface area contributed by atoms with Crippen LogP contribution in [-0.4, -0.2) is 13.8 Å². The zero-order chi connectivity index (χ0) is 4.28. The first-order valence-corrected chi connectivity index (χ1v) is 1.18. The molecule has 0 spiro atoms. The minimum atomic E-state index is -0.810. The highest BCUT2D eigenvalue weighted by atomic mass is 14.6. The number of hydrogen-bond donors (Lipinski definition) is 1. The highest BCUT2D eigenvalue weighted by Crippen LogP contribution is 1.51. The van der Waals surface area contributed by atoms with E-state index in [0.29, 0.717) is 0 Å². The van der Waals surface area contributed by atoms with E-state index in [1.54, 1.807) is 6.07 Å². The Morgan fingerprint density at radius 1 is 2.00 bits per heavy atom. The quantitative estimate of drug-likeness (QED) is 0.367. The lowest BCUT2D eigenvalue weighted by Gasteiger charge is -1.78. The third kappa shape index (κ3) is 3.51. The van der Waals surface area contributed by atoms with Crippen LogP contribution in [0.4, 0.5) is 0 Å². The molecule has 0 saturated heterocycles. The van der Waals surface area contributed by atoms with Crippen molar-refractivity contribution in [3.63, 3.8) is 0 Å². The molecule has 1 unspecified atom stereocenters. The molecule has 0 aliphatic carbocycles. The first-order valence-electron chi connectivity index (χ1n) is 1.18. The summed E-state index contributed by atoms with van der Waals surface area (Å²) in [6.45, 7) is 0. The zero-order valence-corrected chi connectivity index (χ0v) is 2.68. The van der Waals surface area contributed by atoms with Crippen LogP contribution in [0.3, 0.4) is 0 Å². The van der Waals surface area contributed by atoms with Gasteiger partial charge in [-0.2, -0.15) is 5.26 Å². The molecule has 2 N–H and O–H groups in total. The summed E-state index contributed by atoms with van der Waals surface area (Å²) < 4.78 is 0. The van der Waals surface area contributed by atoms with Crippen LogP contribution in [0.2, 0.25) is 0 Å². The Kier molecular flexibility index (Phi) is 1.62. The molecule has 5 heavy (non-hydrogen) atoms. The van der Waals surface area contributed by atoms with E-state index in [1.807, 2.05) is 0 Å². The number of nitriles is 1. The van der Waals surface area contributed by atoms with E-state index in [9.17, 15) is 0 Å². The molecular weight excluding hydrogens is 62.8 g/mol. The van der Waals surface area contributed by atoms with Gasteiger partial charge in [0, 0.05) is 0 Å². The van der Waals surface area contributed by atoms with Crippen molar-refractivity contribution in [3.8, 4) is 6.07 Å². The van der Waals surface area contributed by atoms with Crippen molar-refractivity contribution in [2.24, 2.45) is 5.73 Å². The van der Waals surface area contributed by atoms with Crippen molar-refractivity contribution in [2.45, 2.75) is 5.94 Å². The fraction of sp³-hybridized carbons (Fsp3) is 0.500. The average molecular weight is 65.9 g/mol. The summed E-state index contributed by atoms with van der Waals surface area (Å²) in [5, 5.41) is 7.64. The lowest BCUT2D eigenvalue weighted by atomic mass is 10.0. The Hall–Kier alpha value is -0.485. The molecule has 2 radical (unpaired) electrons. The Morgan fingerprint density at radius 2 is 2.20 bits per heavy atom. The van der Waals surface area contributed by atoms with Crippen LogP contribution in [0.5, 0.6) is 0 Å². The van der Waals surface area contributed by atoms with E-state index >= 15 is 0 Å². The molecule has 0 aromatic carbocycles. The van der Waals surface area contributed by atoms with Gasteiger partial charge >= 0.3 is 0 Å². The number of nitrogens with two attached hydrogens (primary N) is 1. The summed E-state index contributed by atoms with van der Waals surface area (Å²) in [5.74, 6) is -0.810. The normalized spacial score (nSPS) is 12.8. The van der Waals surface area contributed by atoms with E-state index < -0.39 is 5.94 Å². The van der Waals surface area contributed by atoms with Gasteiger partial charge in [-0.15, -0.1) is 0 Å². The Bertz CT molecular complexity index is 53.2. The SMILES string of the molecule is [B]C(N)C#N. The van der Waals surface area contributed by atoms with Gasteiger partial charge < -0.3 is 5.73 Å². The molecular formula is C2H3BN2. The van der Waals surface area contributed by atoms with Gasteiger partial charge in [-0.25, -0.2) is 0 Å². The van der Waals surface area contributed by atoms with Gasteiger partial charge in [0.1, 0.15) is 7.85 Å². The molecule has 0 aromatic heterocycles. The molecule has 0 aliphatic heterocycles.